The van der Waals surface area contributed by atoms with E-state index in [1.807, 2.05) is 6.92 Å². The van der Waals surface area contributed by atoms with Crippen molar-refractivity contribution in [1.29, 1.82) is 0 Å². The van der Waals surface area contributed by atoms with Gasteiger partial charge in [-0.3, -0.25) is 4.99 Å². The molecule has 1 aliphatic rings. The van der Waals surface area contributed by atoms with E-state index in [-0.39, 0.29) is 6.04 Å². The molecule has 1 aliphatic carbocycles. The highest BCUT2D eigenvalue weighted by molar-refractivity contribution is 5.78. The Morgan fingerprint density at radius 3 is 2.59 bits per heavy atom. The van der Waals surface area contributed by atoms with Crippen molar-refractivity contribution in [2.75, 3.05) is 20.3 Å². The van der Waals surface area contributed by atoms with E-state index in [1.165, 1.54) is 31.2 Å². The Morgan fingerprint density at radius 1 is 1.27 bits per heavy atom. The van der Waals surface area contributed by atoms with Crippen molar-refractivity contribution in [3.8, 4) is 0 Å². The molecule has 3 N–H and O–H groups in total. The van der Waals surface area contributed by atoms with Gasteiger partial charge >= 0.3 is 0 Å². The molecule has 1 aromatic carbocycles. The molecule has 0 heterocycles. The molecule has 0 spiro atoms. The number of hydrogen-bond donors (Lipinski definition) is 2. The van der Waals surface area contributed by atoms with E-state index >= 15 is 0 Å². The molecule has 0 amide bonds. The summed E-state index contributed by atoms with van der Waals surface area (Å²) in [6, 6.07) is 11.1. The molecule has 122 valence electrons. The van der Waals surface area contributed by atoms with Gasteiger partial charge in [0.2, 0.25) is 0 Å². The van der Waals surface area contributed by atoms with Crippen LogP contribution in [0.4, 0.5) is 0 Å². The minimum Gasteiger partial charge on any atom is -0.383 e. The van der Waals surface area contributed by atoms with Gasteiger partial charge in [0.1, 0.15) is 0 Å². The predicted molar refractivity (Wildman–Crippen MR) is 92.1 cm³/mol. The van der Waals surface area contributed by atoms with Gasteiger partial charge in [0.15, 0.2) is 5.96 Å². The highest BCUT2D eigenvalue weighted by atomic mass is 16.5. The van der Waals surface area contributed by atoms with Crippen LogP contribution in [-0.2, 0) is 4.74 Å². The zero-order valence-corrected chi connectivity index (χ0v) is 13.8. The third kappa shape index (κ3) is 5.34. The van der Waals surface area contributed by atoms with Gasteiger partial charge in [-0.15, -0.1) is 0 Å². The third-order valence-electron chi connectivity index (χ3n) is 4.45. The summed E-state index contributed by atoms with van der Waals surface area (Å²) in [5, 5.41) is 3.16. The van der Waals surface area contributed by atoms with Crippen LogP contribution in [0, 0.1) is 5.92 Å². The molecule has 1 atom stereocenters. The molecule has 1 saturated carbocycles. The Morgan fingerprint density at radius 2 is 1.95 bits per heavy atom. The van der Waals surface area contributed by atoms with Crippen molar-refractivity contribution in [3.05, 3.63) is 35.9 Å². The van der Waals surface area contributed by atoms with Gasteiger partial charge in [0.05, 0.1) is 6.61 Å². The summed E-state index contributed by atoms with van der Waals surface area (Å²) in [5.74, 6) is 1.92. The summed E-state index contributed by atoms with van der Waals surface area (Å²) >= 11 is 0. The van der Waals surface area contributed by atoms with Gasteiger partial charge < -0.3 is 15.8 Å². The van der Waals surface area contributed by atoms with Crippen LogP contribution in [0.3, 0.4) is 0 Å². The quantitative estimate of drug-likeness (QED) is 0.627. The molecular weight excluding hydrogens is 274 g/mol. The van der Waals surface area contributed by atoms with Gasteiger partial charge in [-0.05, 0) is 50.0 Å². The Labute approximate surface area is 134 Å². The van der Waals surface area contributed by atoms with E-state index in [4.69, 9.17) is 10.5 Å². The Bertz CT molecular complexity index is 453. The van der Waals surface area contributed by atoms with E-state index in [1.54, 1.807) is 7.11 Å². The molecule has 0 bridgehead atoms. The lowest BCUT2D eigenvalue weighted by molar-refractivity contribution is 0.179. The number of nitrogens with zero attached hydrogens (tertiary/aromatic N) is 1. The highest BCUT2D eigenvalue weighted by Gasteiger charge is 2.22. The van der Waals surface area contributed by atoms with Gasteiger partial charge in [-0.25, -0.2) is 0 Å². The molecule has 0 saturated heterocycles. The van der Waals surface area contributed by atoms with Gasteiger partial charge in [0.25, 0.3) is 0 Å². The standard InChI is InChI=1S/C18H29N3O/c1-14(13-22-2)21-18(19)20-12-15-8-10-17(11-9-15)16-6-4-3-5-7-16/h3-7,14-15,17H,8-13H2,1-2H3,(H3,19,20,21). The second-order valence-corrected chi connectivity index (χ2v) is 6.35. The number of nitrogens with two attached hydrogens (primary N) is 1. The van der Waals surface area contributed by atoms with Gasteiger partial charge in [-0.1, -0.05) is 30.3 Å². The lowest BCUT2D eigenvalue weighted by Crippen LogP contribution is -2.41. The molecule has 4 nitrogen and oxygen atoms in total. The van der Waals surface area contributed by atoms with Crippen LogP contribution in [0.2, 0.25) is 0 Å². The molecule has 22 heavy (non-hydrogen) atoms. The number of nitrogens with one attached hydrogen (secondary N) is 1. The fourth-order valence-corrected chi connectivity index (χ4v) is 3.22. The Kier molecular flexibility index (Phi) is 6.72. The van der Waals surface area contributed by atoms with Crippen molar-refractivity contribution in [2.45, 2.75) is 44.6 Å². The average Bonchev–Trinajstić information content (AvgIpc) is 2.54. The smallest absolute Gasteiger partial charge is 0.188 e. The lowest BCUT2D eigenvalue weighted by atomic mass is 9.79. The van der Waals surface area contributed by atoms with Crippen molar-refractivity contribution in [3.63, 3.8) is 0 Å². The minimum absolute atomic E-state index is 0.197. The first-order valence-electron chi connectivity index (χ1n) is 8.29. The van der Waals surface area contributed by atoms with Crippen molar-refractivity contribution < 1.29 is 4.74 Å². The number of ether oxygens (including phenoxy) is 1. The van der Waals surface area contributed by atoms with Crippen molar-refractivity contribution >= 4 is 5.96 Å². The molecule has 0 aliphatic heterocycles. The van der Waals surface area contributed by atoms with Crippen molar-refractivity contribution in [1.82, 2.24) is 5.32 Å². The lowest BCUT2D eigenvalue weighted by Gasteiger charge is -2.28. The fraction of sp³-hybridized carbons (Fsp3) is 0.611. The predicted octanol–water partition coefficient (Wildman–Crippen LogP) is 2.90. The number of benzene rings is 1. The number of rotatable bonds is 6. The number of guanidine groups is 1. The van der Waals surface area contributed by atoms with Crippen molar-refractivity contribution in [2.24, 2.45) is 16.6 Å². The molecule has 1 fully saturated rings. The normalized spacial score (nSPS) is 24.0. The number of aliphatic imine (C=N–C) groups is 1. The fourth-order valence-electron chi connectivity index (χ4n) is 3.22. The summed E-state index contributed by atoms with van der Waals surface area (Å²) in [4.78, 5) is 4.50. The third-order valence-corrected chi connectivity index (χ3v) is 4.45. The molecule has 0 radical (unpaired) electrons. The van der Waals surface area contributed by atoms with Crippen LogP contribution in [0.15, 0.2) is 35.3 Å². The zero-order chi connectivity index (χ0) is 15.8. The van der Waals surface area contributed by atoms with E-state index in [0.717, 1.165) is 12.5 Å². The van der Waals surface area contributed by atoms with Crippen LogP contribution in [0.1, 0.15) is 44.1 Å². The van der Waals surface area contributed by atoms with Crippen LogP contribution in [0.5, 0.6) is 0 Å². The number of methoxy groups -OCH3 is 1. The highest BCUT2D eigenvalue weighted by Crippen LogP contribution is 2.35. The molecule has 1 unspecified atom stereocenters. The van der Waals surface area contributed by atoms with E-state index in [9.17, 15) is 0 Å². The van der Waals surface area contributed by atoms with Gasteiger partial charge in [0, 0.05) is 19.7 Å². The maximum Gasteiger partial charge on any atom is 0.188 e. The average molecular weight is 303 g/mol. The SMILES string of the molecule is COCC(C)NC(N)=NCC1CCC(c2ccccc2)CC1. The summed E-state index contributed by atoms with van der Waals surface area (Å²) in [6.07, 6.45) is 5.00. The van der Waals surface area contributed by atoms with E-state index in [2.05, 4.69) is 40.6 Å². The first kappa shape index (κ1) is 16.8. The number of hydrogen-bond acceptors (Lipinski definition) is 2. The summed E-state index contributed by atoms with van der Waals surface area (Å²) in [7, 11) is 1.69. The molecule has 1 aromatic rings. The Hall–Kier alpha value is -1.55. The first-order valence-corrected chi connectivity index (χ1v) is 8.29. The second kappa shape index (κ2) is 8.79. The molecule has 0 aromatic heterocycles. The van der Waals surface area contributed by atoms with Gasteiger partial charge in [-0.2, -0.15) is 0 Å². The second-order valence-electron chi connectivity index (χ2n) is 6.35. The van der Waals surface area contributed by atoms with Crippen LogP contribution in [0.25, 0.3) is 0 Å². The first-order chi connectivity index (χ1) is 10.7. The minimum atomic E-state index is 0.197. The maximum absolute atomic E-state index is 5.92. The van der Waals surface area contributed by atoms with Crippen LogP contribution in [-0.4, -0.2) is 32.3 Å². The monoisotopic (exact) mass is 303 g/mol. The van der Waals surface area contributed by atoms with E-state index < -0.39 is 0 Å². The largest absolute Gasteiger partial charge is 0.383 e. The molecule has 4 heteroatoms. The van der Waals surface area contributed by atoms with Crippen LogP contribution >= 0.6 is 0 Å². The topological polar surface area (TPSA) is 59.6 Å². The summed E-state index contributed by atoms with van der Waals surface area (Å²) in [5.41, 5.74) is 7.41. The molecule has 2 rings (SSSR count). The van der Waals surface area contributed by atoms with E-state index in [0.29, 0.717) is 18.5 Å². The summed E-state index contributed by atoms with van der Waals surface area (Å²) < 4.78 is 5.08. The Balaban J connectivity index is 1.73. The van der Waals surface area contributed by atoms with Crippen LogP contribution < -0.4 is 11.1 Å². The summed E-state index contributed by atoms with van der Waals surface area (Å²) in [6.45, 7) is 3.51. The zero-order valence-electron chi connectivity index (χ0n) is 13.8. The maximum atomic E-state index is 5.92. The molecular formula is C18H29N3O.